The first kappa shape index (κ1) is 18.4. The lowest BCUT2D eigenvalue weighted by Crippen LogP contribution is -2.57. The predicted molar refractivity (Wildman–Crippen MR) is 97.9 cm³/mol. The minimum atomic E-state index is -0.694. The van der Waals surface area contributed by atoms with Crippen molar-refractivity contribution in [2.75, 3.05) is 14.2 Å². The molecule has 1 aliphatic carbocycles. The molecule has 2 aliphatic rings. The van der Waals surface area contributed by atoms with E-state index in [0.29, 0.717) is 21.5 Å². The minimum absolute atomic E-state index is 0.0735. The molecule has 1 aromatic carbocycles. The van der Waals surface area contributed by atoms with E-state index in [9.17, 15) is 14.4 Å². The maximum atomic E-state index is 12.8. The number of imide groups is 2. The van der Waals surface area contributed by atoms with Crippen LogP contribution in [-0.4, -0.2) is 43.0 Å². The van der Waals surface area contributed by atoms with Gasteiger partial charge in [-0.25, -0.2) is 4.79 Å². The Labute approximate surface area is 159 Å². The Hall–Kier alpha value is -2.35. The molecular weight excluding hydrogens is 404 g/mol. The summed E-state index contributed by atoms with van der Waals surface area (Å²) in [5.41, 5.74) is 0.504. The second-order valence-electron chi connectivity index (χ2n) is 6.17. The number of rotatable bonds is 4. The molecule has 1 heterocycles. The highest BCUT2D eigenvalue weighted by atomic mass is 79.9. The van der Waals surface area contributed by atoms with Gasteiger partial charge in [-0.15, -0.1) is 0 Å². The lowest BCUT2D eigenvalue weighted by atomic mass is 10.0. The van der Waals surface area contributed by atoms with Crippen molar-refractivity contribution in [2.45, 2.75) is 31.7 Å². The second kappa shape index (κ2) is 7.49. The number of carbonyl (C=O) groups is 3. The number of ether oxygens (including phenoxy) is 2. The fourth-order valence-corrected chi connectivity index (χ4v) is 3.97. The molecule has 2 fully saturated rings. The van der Waals surface area contributed by atoms with E-state index >= 15 is 0 Å². The molecule has 1 aromatic rings. The summed E-state index contributed by atoms with van der Waals surface area (Å²) >= 11 is 3.39. The molecule has 0 bridgehead atoms. The second-order valence-corrected chi connectivity index (χ2v) is 7.02. The first-order chi connectivity index (χ1) is 12.5. The number of benzene rings is 1. The number of nitrogens with zero attached hydrogens (tertiary/aromatic N) is 1. The molecule has 0 unspecified atom stereocenters. The molecule has 26 heavy (non-hydrogen) atoms. The van der Waals surface area contributed by atoms with Crippen LogP contribution >= 0.6 is 15.9 Å². The molecule has 1 saturated heterocycles. The third-order valence-electron chi connectivity index (χ3n) is 4.59. The fraction of sp³-hybridized carbons (Fsp3) is 0.389. The number of amides is 4. The summed E-state index contributed by atoms with van der Waals surface area (Å²) in [5, 5.41) is 2.26. The Morgan fingerprint density at radius 1 is 1.15 bits per heavy atom. The van der Waals surface area contributed by atoms with Crippen LogP contribution in [0.1, 0.15) is 31.2 Å². The van der Waals surface area contributed by atoms with Gasteiger partial charge in [-0.3, -0.25) is 19.8 Å². The highest BCUT2D eigenvalue weighted by Crippen LogP contribution is 2.37. The van der Waals surface area contributed by atoms with Crippen LogP contribution in [0, 0.1) is 0 Å². The van der Waals surface area contributed by atoms with Gasteiger partial charge < -0.3 is 9.47 Å². The van der Waals surface area contributed by atoms with Gasteiger partial charge >= 0.3 is 6.03 Å². The van der Waals surface area contributed by atoms with E-state index in [1.807, 2.05) is 0 Å². The van der Waals surface area contributed by atoms with Crippen molar-refractivity contribution in [3.05, 3.63) is 27.7 Å². The molecule has 0 aromatic heterocycles. The van der Waals surface area contributed by atoms with Crippen LogP contribution in [0.2, 0.25) is 0 Å². The van der Waals surface area contributed by atoms with Gasteiger partial charge in [0, 0.05) is 6.04 Å². The summed E-state index contributed by atoms with van der Waals surface area (Å²) in [5.74, 6) is -0.283. The smallest absolute Gasteiger partial charge is 0.331 e. The van der Waals surface area contributed by atoms with Crippen LogP contribution < -0.4 is 14.8 Å². The number of halogens is 1. The maximum absolute atomic E-state index is 12.8. The van der Waals surface area contributed by atoms with E-state index < -0.39 is 17.8 Å². The normalized spacial score (nSPS) is 19.9. The number of nitrogens with one attached hydrogen (secondary N) is 1. The molecule has 1 saturated carbocycles. The molecule has 3 rings (SSSR count). The Bertz CT molecular complexity index is 799. The van der Waals surface area contributed by atoms with Crippen molar-refractivity contribution >= 4 is 39.9 Å². The van der Waals surface area contributed by atoms with Gasteiger partial charge in [-0.05, 0) is 52.5 Å². The highest BCUT2D eigenvalue weighted by Gasteiger charge is 2.40. The quantitative estimate of drug-likeness (QED) is 0.595. The topological polar surface area (TPSA) is 84.9 Å². The van der Waals surface area contributed by atoms with Crippen molar-refractivity contribution < 1.29 is 23.9 Å². The first-order valence-electron chi connectivity index (χ1n) is 8.28. The van der Waals surface area contributed by atoms with Crippen LogP contribution in [-0.2, 0) is 9.59 Å². The van der Waals surface area contributed by atoms with Gasteiger partial charge in [0.1, 0.15) is 5.57 Å². The largest absolute Gasteiger partial charge is 0.493 e. The predicted octanol–water partition coefficient (Wildman–Crippen LogP) is 2.87. The van der Waals surface area contributed by atoms with Crippen molar-refractivity contribution in [1.82, 2.24) is 10.2 Å². The molecule has 4 amide bonds. The summed E-state index contributed by atoms with van der Waals surface area (Å²) in [4.78, 5) is 38.4. The SMILES string of the molecule is COc1cc(/C=C2/C(=O)NC(=O)N(C3CCCC3)C2=O)cc(Br)c1OC. The summed E-state index contributed by atoms with van der Waals surface area (Å²) in [6.45, 7) is 0. The summed E-state index contributed by atoms with van der Waals surface area (Å²) in [6, 6.07) is 2.58. The first-order valence-corrected chi connectivity index (χ1v) is 9.07. The van der Waals surface area contributed by atoms with Gasteiger partial charge in [0.15, 0.2) is 11.5 Å². The van der Waals surface area contributed by atoms with Crippen LogP contribution in [0.4, 0.5) is 4.79 Å². The molecule has 0 atom stereocenters. The molecule has 1 N–H and O–H groups in total. The molecule has 0 radical (unpaired) electrons. The number of hydrogen-bond donors (Lipinski definition) is 1. The number of barbiturate groups is 1. The van der Waals surface area contributed by atoms with E-state index in [-0.39, 0.29) is 11.6 Å². The molecule has 7 nitrogen and oxygen atoms in total. The van der Waals surface area contributed by atoms with Gasteiger partial charge in [0.2, 0.25) is 0 Å². The van der Waals surface area contributed by atoms with Crippen LogP contribution in [0.15, 0.2) is 22.2 Å². The zero-order chi connectivity index (χ0) is 18.8. The number of methoxy groups -OCH3 is 2. The standard InChI is InChI=1S/C18H19BrN2O5/c1-25-14-9-10(8-13(19)15(14)26-2)7-12-16(22)20-18(24)21(17(12)23)11-5-3-4-6-11/h7-9,11H,3-6H2,1-2H3,(H,20,22,24)/b12-7-. The van der Waals surface area contributed by atoms with Gasteiger partial charge in [0.05, 0.1) is 18.7 Å². The average molecular weight is 423 g/mol. The zero-order valence-corrected chi connectivity index (χ0v) is 16.1. The fourth-order valence-electron chi connectivity index (χ4n) is 3.35. The molecule has 1 aliphatic heterocycles. The Balaban J connectivity index is 1.98. The van der Waals surface area contributed by atoms with E-state index in [1.165, 1.54) is 25.2 Å². The number of hydrogen-bond acceptors (Lipinski definition) is 5. The molecule has 8 heteroatoms. The lowest BCUT2D eigenvalue weighted by Gasteiger charge is -2.31. The van der Waals surface area contributed by atoms with Crippen molar-refractivity contribution in [3.63, 3.8) is 0 Å². The van der Waals surface area contributed by atoms with E-state index in [0.717, 1.165) is 25.7 Å². The summed E-state index contributed by atoms with van der Waals surface area (Å²) in [7, 11) is 3.02. The van der Waals surface area contributed by atoms with Gasteiger partial charge in [0.25, 0.3) is 11.8 Å². The molecule has 0 spiro atoms. The van der Waals surface area contributed by atoms with E-state index in [4.69, 9.17) is 9.47 Å². The van der Waals surface area contributed by atoms with Gasteiger partial charge in [-0.2, -0.15) is 0 Å². The van der Waals surface area contributed by atoms with Gasteiger partial charge in [-0.1, -0.05) is 12.8 Å². The highest BCUT2D eigenvalue weighted by molar-refractivity contribution is 9.10. The lowest BCUT2D eigenvalue weighted by molar-refractivity contribution is -0.131. The minimum Gasteiger partial charge on any atom is -0.493 e. The van der Waals surface area contributed by atoms with Crippen LogP contribution in [0.3, 0.4) is 0 Å². The monoisotopic (exact) mass is 422 g/mol. The van der Waals surface area contributed by atoms with Crippen molar-refractivity contribution in [3.8, 4) is 11.5 Å². The Morgan fingerprint density at radius 3 is 2.46 bits per heavy atom. The van der Waals surface area contributed by atoms with E-state index in [1.54, 1.807) is 12.1 Å². The number of carbonyl (C=O) groups excluding carboxylic acids is 3. The van der Waals surface area contributed by atoms with Crippen LogP contribution in [0.5, 0.6) is 11.5 Å². The third kappa shape index (κ3) is 3.33. The van der Waals surface area contributed by atoms with Crippen molar-refractivity contribution in [2.24, 2.45) is 0 Å². The van der Waals surface area contributed by atoms with Crippen LogP contribution in [0.25, 0.3) is 6.08 Å². The third-order valence-corrected chi connectivity index (χ3v) is 5.18. The average Bonchev–Trinajstić information content (AvgIpc) is 3.12. The Kier molecular flexibility index (Phi) is 5.31. The van der Waals surface area contributed by atoms with Crippen molar-refractivity contribution in [1.29, 1.82) is 0 Å². The van der Waals surface area contributed by atoms with E-state index in [2.05, 4.69) is 21.2 Å². The molecular formula is C18H19BrN2O5. The maximum Gasteiger partial charge on any atom is 0.331 e. The summed E-state index contributed by atoms with van der Waals surface area (Å²) in [6.07, 6.45) is 4.93. The molecule has 138 valence electrons. The summed E-state index contributed by atoms with van der Waals surface area (Å²) < 4.78 is 11.2. The zero-order valence-electron chi connectivity index (χ0n) is 14.5. The Morgan fingerprint density at radius 2 is 1.85 bits per heavy atom. The number of urea groups is 1.